The average molecular weight is 322 g/mol. The van der Waals surface area contributed by atoms with Gasteiger partial charge in [0.1, 0.15) is 0 Å². The molecule has 7 heavy (non-hydrogen) atoms. The van der Waals surface area contributed by atoms with Crippen LogP contribution in [0.4, 0.5) is 0 Å². The van der Waals surface area contributed by atoms with Gasteiger partial charge in [0.15, 0.2) is 0 Å². The fourth-order valence-electron chi connectivity index (χ4n) is 0. The fourth-order valence-corrected chi connectivity index (χ4v) is 0. The molecule has 6 radical (unpaired) electrons. The molecule has 0 atom stereocenters. The Hall–Kier alpha value is 3.47. The van der Waals surface area contributed by atoms with Gasteiger partial charge in [-0.2, -0.15) is 0 Å². The van der Waals surface area contributed by atoms with E-state index in [-0.39, 0.29) is 117 Å². The van der Waals surface area contributed by atoms with Crippen LogP contribution in [0, 0.1) is 0 Å². The van der Waals surface area contributed by atoms with E-state index in [0.717, 1.165) is 0 Å². The third-order valence-corrected chi connectivity index (χ3v) is 0. The monoisotopic (exact) mass is 322 g/mol. The molecule has 0 aromatic heterocycles. The molecule has 0 unspecified atom stereocenters. The molecule has 0 aliphatic carbocycles. The Morgan fingerprint density at radius 2 is 0.286 bits per heavy atom. The summed E-state index contributed by atoms with van der Waals surface area (Å²) in [6.45, 7) is 0. The molecule has 0 amide bonds. The van der Waals surface area contributed by atoms with Crippen LogP contribution in [0.25, 0.3) is 6.15 Å². The van der Waals surface area contributed by atoms with Crippen molar-refractivity contribution in [3.63, 3.8) is 0 Å². The molecule has 2 N–H and O–H groups in total. The van der Waals surface area contributed by atoms with Crippen LogP contribution in [-0.2, 0) is 111 Å². The second kappa shape index (κ2) is 56.5. The summed E-state index contributed by atoms with van der Waals surface area (Å²) >= 11 is 0. The number of rotatable bonds is 0. The zero-order valence-corrected chi connectivity index (χ0v) is 11.6. The van der Waals surface area contributed by atoms with Crippen LogP contribution in [0.3, 0.4) is 0 Å². The second-order valence-corrected chi connectivity index (χ2v) is 0. The van der Waals surface area contributed by atoms with Crippen molar-refractivity contribution >= 4 is 0 Å². The maximum absolute atomic E-state index is 0. The summed E-state index contributed by atoms with van der Waals surface area (Å²) in [4.78, 5) is 0. The van der Waals surface area contributed by atoms with Crippen LogP contribution < -0.4 is 0 Å². The zero-order valence-electron chi connectivity index (χ0n) is 3.26. The van der Waals surface area contributed by atoms with E-state index >= 15 is 0 Å². The summed E-state index contributed by atoms with van der Waals surface area (Å²) in [7, 11) is 0. The van der Waals surface area contributed by atoms with E-state index < -0.39 is 0 Å². The molecule has 38 valence electrons. The van der Waals surface area contributed by atoms with Crippen LogP contribution >= 0.6 is 0 Å². The van der Waals surface area contributed by atoms with Crippen molar-refractivity contribution in [2.45, 2.75) is 0 Å². The SMILES string of the molecule is [NH2-].[V].[V].[V].[V].[V].[V]. The van der Waals surface area contributed by atoms with Crippen LogP contribution in [0.5, 0.6) is 0 Å². The third kappa shape index (κ3) is 43.9. The van der Waals surface area contributed by atoms with Gasteiger partial charge in [-0.05, 0) is 0 Å². The second-order valence-electron chi connectivity index (χ2n) is 0. The number of hydrogen-bond donors (Lipinski definition) is 0. The molecular weight excluding hydrogens is 320 g/mol. The van der Waals surface area contributed by atoms with Crippen molar-refractivity contribution in [1.29, 1.82) is 0 Å². The molecular formula is H2NV6-. The zero-order chi connectivity index (χ0) is 0. The molecule has 7 heteroatoms. The van der Waals surface area contributed by atoms with Crippen LogP contribution in [-0.4, -0.2) is 0 Å². The van der Waals surface area contributed by atoms with E-state index in [4.69, 9.17) is 0 Å². The third-order valence-electron chi connectivity index (χ3n) is 0. The van der Waals surface area contributed by atoms with E-state index in [0.29, 0.717) is 0 Å². The van der Waals surface area contributed by atoms with Gasteiger partial charge in [-0.1, -0.05) is 0 Å². The average Bonchev–Trinajstić information content (AvgIpc) is 0. The summed E-state index contributed by atoms with van der Waals surface area (Å²) in [6.07, 6.45) is 0. The molecule has 0 aromatic carbocycles. The van der Waals surface area contributed by atoms with Gasteiger partial charge >= 0.3 is 0 Å². The predicted octanol–water partition coefficient (Wildman–Crippen LogP) is 0.702. The topological polar surface area (TPSA) is 33.5 Å². The summed E-state index contributed by atoms with van der Waals surface area (Å²) in [5.74, 6) is 0. The normalized spacial score (nSPS) is 0. The van der Waals surface area contributed by atoms with Gasteiger partial charge in [0.2, 0.25) is 0 Å². The van der Waals surface area contributed by atoms with E-state index in [1.54, 1.807) is 0 Å². The van der Waals surface area contributed by atoms with Crippen molar-refractivity contribution in [1.82, 2.24) is 0 Å². The molecule has 0 saturated carbocycles. The summed E-state index contributed by atoms with van der Waals surface area (Å²) < 4.78 is 0. The van der Waals surface area contributed by atoms with Crippen molar-refractivity contribution in [3.05, 3.63) is 6.15 Å². The van der Waals surface area contributed by atoms with E-state index in [2.05, 4.69) is 0 Å². The molecule has 1 nitrogen and oxygen atoms in total. The predicted molar refractivity (Wildman–Crippen MR) is 5.28 cm³/mol. The Morgan fingerprint density at radius 3 is 0.286 bits per heavy atom. The van der Waals surface area contributed by atoms with Crippen LogP contribution in [0.2, 0.25) is 0 Å². The molecule has 0 bridgehead atoms. The molecule has 0 aliphatic heterocycles. The minimum absolute atomic E-state index is 0. The Balaban J connectivity index is 0. The molecule has 0 spiro atoms. The fraction of sp³-hybridized carbons (Fsp3) is 0. The Kier molecular flexibility index (Phi) is 630. The van der Waals surface area contributed by atoms with Gasteiger partial charge in [0.05, 0.1) is 0 Å². The first-order valence-corrected chi connectivity index (χ1v) is 0. The number of hydrogen-bond acceptors (Lipinski definition) is 0. The van der Waals surface area contributed by atoms with E-state index in [1.165, 1.54) is 0 Å². The van der Waals surface area contributed by atoms with Crippen molar-refractivity contribution in [2.24, 2.45) is 0 Å². The Bertz CT molecular complexity index is 4.14. The molecule has 0 rings (SSSR count). The standard InChI is InChI=1S/H2N.6V/h1H2;;;;;;/q-1;;;;;;. The van der Waals surface area contributed by atoms with Gasteiger partial charge in [-0.15, -0.1) is 0 Å². The first-order chi connectivity index (χ1) is 0. The van der Waals surface area contributed by atoms with Crippen molar-refractivity contribution < 1.29 is 111 Å². The first kappa shape index (κ1) is 78.1. The summed E-state index contributed by atoms with van der Waals surface area (Å²) in [5, 5.41) is 0. The van der Waals surface area contributed by atoms with Gasteiger partial charge in [-0.25, -0.2) is 0 Å². The maximum Gasteiger partial charge on any atom is 0 e. The van der Waals surface area contributed by atoms with Crippen LogP contribution in [0.15, 0.2) is 0 Å². The quantitative estimate of drug-likeness (QED) is 0.629. The maximum atomic E-state index is 0. The molecule has 0 heterocycles. The van der Waals surface area contributed by atoms with E-state index in [9.17, 15) is 0 Å². The smallest absolute Gasteiger partial charge is 0 e. The molecule has 0 aliphatic rings. The minimum atomic E-state index is 0. The first-order valence-electron chi connectivity index (χ1n) is 0. The van der Waals surface area contributed by atoms with Gasteiger partial charge < -0.3 is 6.15 Å². The summed E-state index contributed by atoms with van der Waals surface area (Å²) in [6, 6.07) is 0. The molecule has 0 aromatic rings. The largest absolute Gasteiger partial charge is 0.693 e. The van der Waals surface area contributed by atoms with E-state index in [1.807, 2.05) is 0 Å². The van der Waals surface area contributed by atoms with Gasteiger partial charge in [-0.3, -0.25) is 0 Å². The number of nitrogens with two attached hydrogens (primary N) is 1. The molecule has 0 saturated heterocycles. The van der Waals surface area contributed by atoms with Gasteiger partial charge in [0.25, 0.3) is 0 Å². The van der Waals surface area contributed by atoms with Gasteiger partial charge in [0, 0.05) is 111 Å². The summed E-state index contributed by atoms with van der Waals surface area (Å²) in [5.41, 5.74) is 0. The minimum Gasteiger partial charge on any atom is -0.693 e. The Labute approximate surface area is 116 Å². The van der Waals surface area contributed by atoms with Crippen molar-refractivity contribution in [3.8, 4) is 0 Å². The Morgan fingerprint density at radius 1 is 0.286 bits per heavy atom. The molecule has 0 fully saturated rings. The van der Waals surface area contributed by atoms with Crippen LogP contribution in [0.1, 0.15) is 0 Å². The van der Waals surface area contributed by atoms with Crippen molar-refractivity contribution in [2.75, 3.05) is 0 Å².